The number of nitrogens with one attached hydrogen (secondary N) is 1. The molecule has 7 nitrogen and oxygen atoms in total. The van der Waals surface area contributed by atoms with Gasteiger partial charge in [-0.2, -0.15) is 0 Å². The molecule has 1 atom stereocenters. The van der Waals surface area contributed by atoms with Crippen LogP contribution < -0.4 is 5.32 Å². The summed E-state index contributed by atoms with van der Waals surface area (Å²) in [6.07, 6.45) is 0.998. The molecule has 0 radical (unpaired) electrons. The van der Waals surface area contributed by atoms with Gasteiger partial charge in [-0.1, -0.05) is 0 Å². The smallest absolute Gasteiger partial charge is 0.356 e. The van der Waals surface area contributed by atoms with Gasteiger partial charge in [0.15, 0.2) is 5.58 Å². The molecule has 9 heteroatoms. The van der Waals surface area contributed by atoms with Crippen molar-refractivity contribution in [2.24, 2.45) is 5.92 Å². The van der Waals surface area contributed by atoms with Crippen molar-refractivity contribution in [1.29, 1.82) is 0 Å². The molecule has 4 rings (SSSR count). The lowest BCUT2D eigenvalue weighted by Gasteiger charge is -2.03. The van der Waals surface area contributed by atoms with E-state index in [-0.39, 0.29) is 11.6 Å². The van der Waals surface area contributed by atoms with Crippen molar-refractivity contribution < 1.29 is 27.5 Å². The van der Waals surface area contributed by atoms with Crippen LogP contribution in [0.4, 0.5) is 14.5 Å². The second kappa shape index (κ2) is 6.11. The zero-order chi connectivity index (χ0) is 19.2. The molecule has 0 bridgehead atoms. The number of alkyl halides is 2. The Morgan fingerprint density at radius 3 is 2.78 bits per heavy atom. The van der Waals surface area contributed by atoms with Gasteiger partial charge < -0.3 is 14.5 Å². The minimum atomic E-state index is -2.92. The molecule has 2 heterocycles. The number of carbonyl (C=O) groups excluding carboxylic acids is 2. The number of rotatable bonds is 4. The molecule has 0 aliphatic heterocycles. The van der Waals surface area contributed by atoms with Crippen LogP contribution in [0.2, 0.25) is 0 Å². The summed E-state index contributed by atoms with van der Waals surface area (Å²) >= 11 is 0. The van der Waals surface area contributed by atoms with Gasteiger partial charge in [0.1, 0.15) is 17.1 Å². The average molecular weight is 373 g/mol. The second-order valence-corrected chi connectivity index (χ2v) is 6.13. The molecule has 1 saturated carbocycles. The maximum Gasteiger partial charge on any atom is 0.356 e. The van der Waals surface area contributed by atoms with Crippen LogP contribution in [0, 0.1) is 5.92 Å². The van der Waals surface area contributed by atoms with Crippen LogP contribution in [0.5, 0.6) is 0 Å². The van der Waals surface area contributed by atoms with Gasteiger partial charge in [0.05, 0.1) is 7.11 Å². The molecular formula is C18H13F2N3O4. The zero-order valence-electron chi connectivity index (χ0n) is 14.0. The fraction of sp³-hybridized carbons (Fsp3) is 0.222. The largest absolute Gasteiger partial charge is 0.464 e. The molecule has 2 aromatic heterocycles. The van der Waals surface area contributed by atoms with E-state index < -0.39 is 30.1 Å². The predicted octanol–water partition coefficient (Wildman–Crippen LogP) is 3.27. The quantitative estimate of drug-likeness (QED) is 0.706. The fourth-order valence-corrected chi connectivity index (χ4v) is 2.64. The first-order valence-electron chi connectivity index (χ1n) is 8.01. The number of anilines is 1. The van der Waals surface area contributed by atoms with Gasteiger partial charge in [0.2, 0.25) is 11.8 Å². The molecule has 138 valence electrons. The van der Waals surface area contributed by atoms with E-state index in [2.05, 4.69) is 20.0 Å². The molecule has 3 aromatic rings. The van der Waals surface area contributed by atoms with Gasteiger partial charge in [0.25, 0.3) is 5.92 Å². The maximum atomic E-state index is 13.0. The van der Waals surface area contributed by atoms with Crippen LogP contribution in [0.1, 0.15) is 16.9 Å². The van der Waals surface area contributed by atoms with Crippen molar-refractivity contribution in [1.82, 2.24) is 9.97 Å². The third-order valence-electron chi connectivity index (χ3n) is 4.20. The SMILES string of the molecule is COC(=O)c1cc(-c2nc3cc(NC(=O)[C@H]4CC4(F)F)ccc3o2)ccn1. The molecule has 1 fully saturated rings. The van der Waals surface area contributed by atoms with Crippen molar-refractivity contribution in [2.75, 3.05) is 12.4 Å². The first-order chi connectivity index (χ1) is 12.9. The summed E-state index contributed by atoms with van der Waals surface area (Å²) in [5.41, 5.74) is 1.85. The highest BCUT2D eigenvalue weighted by atomic mass is 19.3. The summed E-state index contributed by atoms with van der Waals surface area (Å²) in [6, 6.07) is 7.75. The molecule has 1 N–H and O–H groups in total. The third-order valence-corrected chi connectivity index (χ3v) is 4.20. The van der Waals surface area contributed by atoms with Gasteiger partial charge in [-0.05, 0) is 30.3 Å². The number of halogens is 2. The Morgan fingerprint density at radius 1 is 1.30 bits per heavy atom. The Morgan fingerprint density at radius 2 is 2.07 bits per heavy atom. The Balaban J connectivity index is 1.60. The summed E-state index contributed by atoms with van der Waals surface area (Å²) in [6.45, 7) is 0. The number of hydrogen-bond donors (Lipinski definition) is 1. The van der Waals surface area contributed by atoms with Gasteiger partial charge in [0, 0.05) is 23.9 Å². The van der Waals surface area contributed by atoms with E-state index in [1.807, 2.05) is 0 Å². The number of methoxy groups -OCH3 is 1. The lowest BCUT2D eigenvalue weighted by Crippen LogP contribution is -2.17. The molecule has 1 aliphatic carbocycles. The van der Waals surface area contributed by atoms with Gasteiger partial charge in [-0.25, -0.2) is 23.5 Å². The van der Waals surface area contributed by atoms with Crippen LogP contribution in [-0.2, 0) is 9.53 Å². The lowest BCUT2D eigenvalue weighted by molar-refractivity contribution is -0.119. The number of esters is 1. The van der Waals surface area contributed by atoms with Crippen LogP contribution in [0.3, 0.4) is 0 Å². The second-order valence-electron chi connectivity index (χ2n) is 6.13. The van der Waals surface area contributed by atoms with Crippen LogP contribution in [0.25, 0.3) is 22.6 Å². The number of nitrogens with zero attached hydrogens (tertiary/aromatic N) is 2. The lowest BCUT2D eigenvalue weighted by atomic mass is 10.2. The molecule has 1 aromatic carbocycles. The molecular weight excluding hydrogens is 360 g/mol. The topological polar surface area (TPSA) is 94.3 Å². The number of fused-ring (bicyclic) bond motifs is 1. The van der Waals surface area contributed by atoms with Crippen LogP contribution >= 0.6 is 0 Å². The Bertz CT molecular complexity index is 1060. The minimum Gasteiger partial charge on any atom is -0.464 e. The number of pyridine rings is 1. The first-order valence-corrected chi connectivity index (χ1v) is 8.01. The number of amides is 1. The summed E-state index contributed by atoms with van der Waals surface area (Å²) < 4.78 is 36.2. The third kappa shape index (κ3) is 3.23. The highest BCUT2D eigenvalue weighted by molar-refractivity contribution is 5.96. The molecule has 1 amide bonds. The number of carbonyl (C=O) groups is 2. The van der Waals surface area contributed by atoms with E-state index in [1.165, 1.54) is 25.4 Å². The molecule has 0 spiro atoms. The Labute approximate surface area is 151 Å². The van der Waals surface area contributed by atoms with E-state index in [1.54, 1.807) is 18.2 Å². The summed E-state index contributed by atoms with van der Waals surface area (Å²) in [4.78, 5) is 31.6. The van der Waals surface area contributed by atoms with Gasteiger partial charge in [-0.3, -0.25) is 4.79 Å². The molecule has 1 aliphatic rings. The zero-order valence-corrected chi connectivity index (χ0v) is 14.0. The number of hydrogen-bond acceptors (Lipinski definition) is 6. The van der Waals surface area contributed by atoms with Crippen molar-refractivity contribution in [3.63, 3.8) is 0 Å². The fourth-order valence-electron chi connectivity index (χ4n) is 2.64. The predicted molar refractivity (Wildman–Crippen MR) is 90.3 cm³/mol. The van der Waals surface area contributed by atoms with E-state index >= 15 is 0 Å². The standard InChI is InChI=1S/C18H13F2N3O4/c1-26-17(25)13-6-9(4-5-21-13)16-23-12-7-10(2-3-14(12)27-16)22-15(24)11-8-18(11,19)20/h2-7,11H,8H2,1H3,(H,22,24)/t11-/m1/s1. The summed E-state index contributed by atoms with van der Waals surface area (Å²) in [5.74, 6) is -5.27. The highest BCUT2D eigenvalue weighted by Gasteiger charge is 2.61. The van der Waals surface area contributed by atoms with Crippen LogP contribution in [-0.4, -0.2) is 34.9 Å². The minimum absolute atomic E-state index is 0.107. The Kier molecular flexibility index (Phi) is 3.87. The van der Waals surface area contributed by atoms with Crippen molar-refractivity contribution >= 4 is 28.7 Å². The van der Waals surface area contributed by atoms with E-state index in [0.29, 0.717) is 22.4 Å². The number of aromatic nitrogens is 2. The van der Waals surface area contributed by atoms with Gasteiger partial charge in [-0.15, -0.1) is 0 Å². The maximum absolute atomic E-state index is 13.0. The van der Waals surface area contributed by atoms with Crippen molar-refractivity contribution in [3.05, 3.63) is 42.2 Å². The number of oxazole rings is 1. The van der Waals surface area contributed by atoms with Gasteiger partial charge >= 0.3 is 5.97 Å². The molecule has 0 unspecified atom stereocenters. The molecule has 27 heavy (non-hydrogen) atoms. The monoisotopic (exact) mass is 373 g/mol. The van der Waals surface area contributed by atoms with Crippen molar-refractivity contribution in [2.45, 2.75) is 12.3 Å². The number of ether oxygens (including phenoxy) is 1. The summed E-state index contributed by atoms with van der Waals surface area (Å²) in [5, 5.41) is 2.46. The van der Waals surface area contributed by atoms with E-state index in [4.69, 9.17) is 4.42 Å². The average Bonchev–Trinajstić information content (AvgIpc) is 3.11. The van der Waals surface area contributed by atoms with E-state index in [0.717, 1.165) is 0 Å². The summed E-state index contributed by atoms with van der Waals surface area (Å²) in [7, 11) is 1.25. The molecule has 0 saturated heterocycles. The first kappa shape index (κ1) is 17.1. The van der Waals surface area contributed by atoms with E-state index in [9.17, 15) is 18.4 Å². The number of benzene rings is 1. The van der Waals surface area contributed by atoms with Crippen molar-refractivity contribution in [3.8, 4) is 11.5 Å². The normalized spacial score (nSPS) is 17.5. The van der Waals surface area contributed by atoms with Crippen LogP contribution in [0.15, 0.2) is 40.9 Å². The Hall–Kier alpha value is -3.36. The highest BCUT2D eigenvalue weighted by Crippen LogP contribution is 2.49.